The first kappa shape index (κ1) is 15.1. The van der Waals surface area contributed by atoms with Gasteiger partial charge in [0.2, 0.25) is 0 Å². The lowest BCUT2D eigenvalue weighted by molar-refractivity contribution is 0.0921. The van der Waals surface area contributed by atoms with E-state index in [1.54, 1.807) is 0 Å². The van der Waals surface area contributed by atoms with E-state index < -0.39 is 0 Å². The molecule has 0 spiro atoms. The lowest BCUT2D eigenvalue weighted by atomic mass is 9.84. The van der Waals surface area contributed by atoms with Gasteiger partial charge in [-0.05, 0) is 51.7 Å². The Morgan fingerprint density at radius 1 is 1.32 bits per heavy atom. The van der Waals surface area contributed by atoms with Crippen molar-refractivity contribution in [2.45, 2.75) is 58.9 Å². The maximum Gasteiger partial charge on any atom is 0.255 e. The van der Waals surface area contributed by atoms with Crippen LogP contribution >= 0.6 is 0 Å². The molecular formula is C18H25N3O. The number of hydrogen-bond donors (Lipinski definition) is 1. The first-order valence-corrected chi connectivity index (χ1v) is 8.32. The monoisotopic (exact) mass is 299 g/mol. The van der Waals surface area contributed by atoms with Gasteiger partial charge in [-0.15, -0.1) is 0 Å². The summed E-state index contributed by atoms with van der Waals surface area (Å²) in [5.41, 5.74) is 3.47. The van der Waals surface area contributed by atoms with Crippen LogP contribution in [0.15, 0.2) is 18.3 Å². The van der Waals surface area contributed by atoms with E-state index in [1.807, 2.05) is 36.6 Å². The van der Waals surface area contributed by atoms with Crippen LogP contribution in [0.3, 0.4) is 0 Å². The minimum Gasteiger partial charge on any atom is -0.349 e. The number of carbonyl (C=O) groups is 1. The Morgan fingerprint density at radius 2 is 2.05 bits per heavy atom. The van der Waals surface area contributed by atoms with Gasteiger partial charge >= 0.3 is 0 Å². The Bertz CT molecular complexity index is 683. The number of nitrogens with one attached hydrogen (secondary N) is 1. The molecule has 1 aliphatic rings. The van der Waals surface area contributed by atoms with E-state index in [2.05, 4.69) is 17.2 Å². The quantitative estimate of drug-likeness (QED) is 0.940. The molecule has 118 valence electrons. The summed E-state index contributed by atoms with van der Waals surface area (Å²) in [6.07, 6.45) is 8.31. The zero-order valence-electron chi connectivity index (χ0n) is 13.7. The van der Waals surface area contributed by atoms with E-state index in [1.165, 1.54) is 32.1 Å². The van der Waals surface area contributed by atoms with E-state index in [-0.39, 0.29) is 11.9 Å². The molecule has 1 saturated carbocycles. The first-order chi connectivity index (χ1) is 10.6. The summed E-state index contributed by atoms with van der Waals surface area (Å²) in [6.45, 7) is 6.14. The van der Waals surface area contributed by atoms with E-state index in [0.29, 0.717) is 11.5 Å². The predicted molar refractivity (Wildman–Crippen MR) is 88.2 cm³/mol. The molecule has 0 bridgehead atoms. The molecule has 2 aromatic rings. The molecule has 0 radical (unpaired) electrons. The lowest BCUT2D eigenvalue weighted by Crippen LogP contribution is -2.38. The topological polar surface area (TPSA) is 46.4 Å². The summed E-state index contributed by atoms with van der Waals surface area (Å²) < 4.78 is 1.98. The number of aryl methyl sites for hydroxylation is 2. The van der Waals surface area contributed by atoms with Crippen molar-refractivity contribution in [1.29, 1.82) is 0 Å². The van der Waals surface area contributed by atoms with Crippen molar-refractivity contribution in [3.8, 4) is 0 Å². The van der Waals surface area contributed by atoms with Crippen LogP contribution in [0.25, 0.3) is 5.65 Å². The van der Waals surface area contributed by atoms with E-state index in [4.69, 9.17) is 0 Å². The number of rotatable bonds is 3. The molecule has 3 rings (SSSR count). The van der Waals surface area contributed by atoms with Crippen molar-refractivity contribution in [1.82, 2.24) is 14.7 Å². The van der Waals surface area contributed by atoms with Gasteiger partial charge in [-0.2, -0.15) is 0 Å². The highest BCUT2D eigenvalue weighted by Crippen LogP contribution is 2.26. The molecule has 0 saturated heterocycles. The largest absolute Gasteiger partial charge is 0.349 e. The van der Waals surface area contributed by atoms with Crippen molar-refractivity contribution in [3.63, 3.8) is 0 Å². The van der Waals surface area contributed by atoms with Gasteiger partial charge in [-0.3, -0.25) is 4.79 Å². The van der Waals surface area contributed by atoms with Crippen LogP contribution < -0.4 is 5.32 Å². The average molecular weight is 299 g/mol. The van der Waals surface area contributed by atoms with Gasteiger partial charge in [0.05, 0.1) is 5.56 Å². The molecule has 0 aromatic carbocycles. The summed E-state index contributed by atoms with van der Waals surface area (Å²) in [6, 6.07) is 4.13. The van der Waals surface area contributed by atoms with Gasteiger partial charge in [0.25, 0.3) is 5.91 Å². The molecule has 2 aromatic heterocycles. The number of fused-ring (bicyclic) bond motifs is 1. The SMILES string of the molecule is Cc1cc(C)n2ccc(C(=O)N[C@H](C)C3CCCCC3)c2n1. The standard InChI is InChI=1S/C18H25N3O/c1-12-11-13(2)21-10-9-16(17(21)19-12)18(22)20-14(3)15-7-5-4-6-8-15/h9-11,14-15H,4-8H2,1-3H3,(H,20,22)/t14-/m1/s1. The maximum absolute atomic E-state index is 12.6. The van der Waals surface area contributed by atoms with Gasteiger partial charge in [-0.1, -0.05) is 19.3 Å². The summed E-state index contributed by atoms with van der Waals surface area (Å²) in [5.74, 6) is 0.612. The second-order valence-corrected chi connectivity index (χ2v) is 6.62. The van der Waals surface area contributed by atoms with Crippen molar-refractivity contribution in [2.75, 3.05) is 0 Å². The van der Waals surface area contributed by atoms with Crippen molar-refractivity contribution in [2.24, 2.45) is 5.92 Å². The van der Waals surface area contributed by atoms with Gasteiger partial charge in [0.15, 0.2) is 0 Å². The fraction of sp³-hybridized carbons (Fsp3) is 0.556. The third-order valence-electron chi connectivity index (χ3n) is 4.90. The van der Waals surface area contributed by atoms with Crippen LogP contribution in [-0.4, -0.2) is 21.3 Å². The van der Waals surface area contributed by atoms with Crippen LogP contribution in [0.1, 0.15) is 60.8 Å². The van der Waals surface area contributed by atoms with Gasteiger partial charge < -0.3 is 9.72 Å². The third-order valence-corrected chi connectivity index (χ3v) is 4.90. The summed E-state index contributed by atoms with van der Waals surface area (Å²) in [4.78, 5) is 17.2. The fourth-order valence-electron chi connectivity index (χ4n) is 3.61. The Morgan fingerprint density at radius 3 is 2.77 bits per heavy atom. The molecular weight excluding hydrogens is 274 g/mol. The van der Waals surface area contributed by atoms with E-state index >= 15 is 0 Å². The number of amides is 1. The zero-order valence-corrected chi connectivity index (χ0v) is 13.7. The summed E-state index contributed by atoms with van der Waals surface area (Å²) in [7, 11) is 0. The molecule has 0 unspecified atom stereocenters. The molecule has 1 fully saturated rings. The molecule has 2 heterocycles. The summed E-state index contributed by atoms with van der Waals surface area (Å²) >= 11 is 0. The highest BCUT2D eigenvalue weighted by atomic mass is 16.1. The smallest absolute Gasteiger partial charge is 0.255 e. The highest BCUT2D eigenvalue weighted by molar-refractivity contribution is 6.00. The van der Waals surface area contributed by atoms with Crippen molar-refractivity contribution < 1.29 is 4.79 Å². The van der Waals surface area contributed by atoms with Gasteiger partial charge in [0, 0.05) is 23.6 Å². The Balaban J connectivity index is 1.80. The molecule has 4 heteroatoms. The third kappa shape index (κ3) is 2.87. The predicted octanol–water partition coefficient (Wildman–Crippen LogP) is 3.65. The first-order valence-electron chi connectivity index (χ1n) is 8.32. The van der Waals surface area contributed by atoms with Crippen LogP contribution in [0.2, 0.25) is 0 Å². The fourth-order valence-corrected chi connectivity index (χ4v) is 3.61. The highest BCUT2D eigenvalue weighted by Gasteiger charge is 2.23. The summed E-state index contributed by atoms with van der Waals surface area (Å²) in [5, 5.41) is 3.19. The molecule has 1 atom stereocenters. The Kier molecular flexibility index (Phi) is 4.19. The Labute approximate surface area is 131 Å². The number of aromatic nitrogens is 2. The minimum atomic E-state index is -0.00178. The molecule has 22 heavy (non-hydrogen) atoms. The van der Waals surface area contributed by atoms with Crippen LogP contribution in [0, 0.1) is 19.8 Å². The molecule has 4 nitrogen and oxygen atoms in total. The van der Waals surface area contributed by atoms with Gasteiger partial charge in [0.1, 0.15) is 5.65 Å². The van der Waals surface area contributed by atoms with E-state index in [9.17, 15) is 4.79 Å². The molecule has 1 amide bonds. The maximum atomic E-state index is 12.6. The Hall–Kier alpha value is -1.84. The molecule has 1 aliphatic carbocycles. The van der Waals surface area contributed by atoms with Crippen LogP contribution in [0.4, 0.5) is 0 Å². The lowest BCUT2D eigenvalue weighted by Gasteiger charge is -2.28. The second kappa shape index (κ2) is 6.11. The average Bonchev–Trinajstić information content (AvgIpc) is 2.92. The van der Waals surface area contributed by atoms with Crippen molar-refractivity contribution in [3.05, 3.63) is 35.3 Å². The number of carbonyl (C=O) groups excluding carboxylic acids is 1. The number of nitrogens with zero attached hydrogens (tertiary/aromatic N) is 2. The molecule has 0 aliphatic heterocycles. The van der Waals surface area contributed by atoms with Crippen LogP contribution in [-0.2, 0) is 0 Å². The van der Waals surface area contributed by atoms with E-state index in [0.717, 1.165) is 17.0 Å². The normalized spacial score (nSPS) is 17.6. The van der Waals surface area contributed by atoms with Crippen molar-refractivity contribution >= 4 is 11.6 Å². The zero-order chi connectivity index (χ0) is 15.7. The van der Waals surface area contributed by atoms with Crippen LogP contribution in [0.5, 0.6) is 0 Å². The number of hydrogen-bond acceptors (Lipinski definition) is 2. The minimum absolute atomic E-state index is 0.00178. The molecule has 1 N–H and O–H groups in total. The van der Waals surface area contributed by atoms with Gasteiger partial charge in [-0.25, -0.2) is 4.98 Å². The second-order valence-electron chi connectivity index (χ2n) is 6.62.